The van der Waals surface area contributed by atoms with Gasteiger partial charge in [0.25, 0.3) is 0 Å². The molecule has 1 unspecified atom stereocenters. The number of rotatable bonds is 14. The summed E-state index contributed by atoms with van der Waals surface area (Å²) in [5, 5.41) is 19.5. The predicted molar refractivity (Wildman–Crippen MR) is 125 cm³/mol. The Kier molecular flexibility index (Phi) is 12.3. The Morgan fingerprint density at radius 2 is 1.77 bits per heavy atom. The van der Waals surface area contributed by atoms with Crippen molar-refractivity contribution in [3.63, 3.8) is 0 Å². The number of hydrogen-bond donors (Lipinski definition) is 2. The first-order chi connectivity index (χ1) is 14.6. The lowest BCUT2D eigenvalue weighted by molar-refractivity contribution is -0.137. The van der Waals surface area contributed by atoms with Crippen LogP contribution >= 0.6 is 0 Å². The van der Waals surface area contributed by atoms with Gasteiger partial charge in [0.15, 0.2) is 5.78 Å². The molecule has 5 heteroatoms. The summed E-state index contributed by atoms with van der Waals surface area (Å²) in [7, 11) is 1.66. The number of carboxylic acids is 1. The number of aliphatic hydroxyl groups excluding tert-OH is 1. The summed E-state index contributed by atoms with van der Waals surface area (Å²) in [6.07, 6.45) is 13.6. The number of aliphatic carboxylic acids is 1. The maximum Gasteiger partial charge on any atom is 0.303 e. The molecule has 0 aromatic rings. The summed E-state index contributed by atoms with van der Waals surface area (Å²) < 4.78 is 5.74. The van der Waals surface area contributed by atoms with Gasteiger partial charge < -0.3 is 14.9 Å². The second-order valence-electron chi connectivity index (χ2n) is 9.85. The molecule has 0 amide bonds. The fourth-order valence-corrected chi connectivity index (χ4v) is 4.44. The van der Waals surface area contributed by atoms with Crippen LogP contribution in [0.2, 0.25) is 0 Å². The van der Waals surface area contributed by atoms with Gasteiger partial charge in [-0.05, 0) is 43.6 Å². The highest BCUT2D eigenvalue weighted by molar-refractivity contribution is 5.99. The maximum atomic E-state index is 13.4. The van der Waals surface area contributed by atoms with Crippen LogP contribution in [0.25, 0.3) is 0 Å². The Balaban J connectivity index is 3.02. The Bertz CT molecular complexity index is 614. The predicted octanol–water partition coefficient (Wildman–Crippen LogP) is 5.71. The molecule has 1 fully saturated rings. The van der Waals surface area contributed by atoms with E-state index in [4.69, 9.17) is 9.84 Å². The van der Waals surface area contributed by atoms with Crippen molar-refractivity contribution in [3.05, 3.63) is 23.8 Å². The van der Waals surface area contributed by atoms with Crippen molar-refractivity contribution in [2.24, 2.45) is 17.3 Å². The van der Waals surface area contributed by atoms with Gasteiger partial charge in [0.1, 0.15) is 0 Å². The van der Waals surface area contributed by atoms with Gasteiger partial charge in [0, 0.05) is 31.3 Å². The summed E-state index contributed by atoms with van der Waals surface area (Å²) >= 11 is 0. The third-order valence-corrected chi connectivity index (χ3v) is 6.19. The number of carbonyl (C=O) groups is 2. The Morgan fingerprint density at radius 3 is 2.35 bits per heavy atom. The Morgan fingerprint density at radius 1 is 1.06 bits per heavy atom. The zero-order valence-corrected chi connectivity index (χ0v) is 20.2. The number of carboxylic acid groups (broad SMARTS) is 1. The van der Waals surface area contributed by atoms with Gasteiger partial charge in [0.2, 0.25) is 0 Å². The fraction of sp³-hybridized carbons (Fsp3) is 0.769. The molecule has 5 nitrogen and oxygen atoms in total. The van der Waals surface area contributed by atoms with Crippen LogP contribution in [0.3, 0.4) is 0 Å². The lowest BCUT2D eigenvalue weighted by Crippen LogP contribution is -2.33. The zero-order valence-electron chi connectivity index (χ0n) is 20.2. The van der Waals surface area contributed by atoms with E-state index in [9.17, 15) is 14.7 Å². The van der Waals surface area contributed by atoms with Crippen molar-refractivity contribution in [2.75, 3.05) is 7.11 Å². The van der Waals surface area contributed by atoms with Gasteiger partial charge in [-0.25, -0.2) is 0 Å². The molecule has 1 aliphatic carbocycles. The molecule has 1 aliphatic rings. The summed E-state index contributed by atoms with van der Waals surface area (Å²) in [4.78, 5) is 24.0. The first-order valence-electron chi connectivity index (χ1n) is 12.0. The number of aliphatic hydroxyl groups is 1. The molecule has 0 radical (unpaired) electrons. The molecule has 0 heterocycles. The van der Waals surface area contributed by atoms with Crippen LogP contribution in [0.1, 0.15) is 91.9 Å². The van der Waals surface area contributed by atoms with Gasteiger partial charge >= 0.3 is 5.97 Å². The van der Waals surface area contributed by atoms with Crippen LogP contribution in [0, 0.1) is 17.3 Å². The SMILES string of the molecule is CCCCCC/C=C(/C(=O)C(C)(C)C)[C@H]1C(C/C=C\CCCC(=O)O)[C@H](O)C[C@@H]1OC. The minimum absolute atomic E-state index is 0.0751. The Labute approximate surface area is 189 Å². The quantitative estimate of drug-likeness (QED) is 0.207. The molecule has 1 saturated carbocycles. The summed E-state index contributed by atoms with van der Waals surface area (Å²) in [5.74, 6) is -0.841. The van der Waals surface area contributed by atoms with Crippen LogP contribution in [0.5, 0.6) is 0 Å². The smallest absolute Gasteiger partial charge is 0.303 e. The average Bonchev–Trinajstić information content (AvgIpc) is 3.01. The van der Waals surface area contributed by atoms with Crippen molar-refractivity contribution in [2.45, 2.75) is 104 Å². The molecule has 0 spiro atoms. The number of ketones is 1. The highest BCUT2D eigenvalue weighted by Gasteiger charge is 2.46. The highest BCUT2D eigenvalue weighted by atomic mass is 16.5. The van der Waals surface area contributed by atoms with E-state index in [1.54, 1.807) is 7.11 Å². The molecule has 0 aromatic carbocycles. The molecular weight excluding hydrogens is 392 g/mol. The molecule has 0 bridgehead atoms. The van der Waals surface area contributed by atoms with Crippen molar-refractivity contribution in [3.8, 4) is 0 Å². The van der Waals surface area contributed by atoms with Gasteiger partial charge in [-0.1, -0.05) is 65.2 Å². The van der Waals surface area contributed by atoms with Gasteiger partial charge in [-0.2, -0.15) is 0 Å². The van der Waals surface area contributed by atoms with E-state index >= 15 is 0 Å². The number of carbonyl (C=O) groups excluding carboxylic acids is 1. The van der Waals surface area contributed by atoms with Crippen LogP contribution in [-0.2, 0) is 14.3 Å². The molecule has 1 rings (SSSR count). The molecule has 0 saturated heterocycles. The number of ether oxygens (including phenoxy) is 1. The van der Waals surface area contributed by atoms with E-state index in [0.29, 0.717) is 25.7 Å². The number of methoxy groups -OCH3 is 1. The standard InChI is InChI=1S/C26H44O5/c1-6-7-8-9-13-16-20(25(30)26(2,3)4)24-19(21(27)18-22(24)31-5)15-12-10-11-14-17-23(28)29/h10,12,16,19,21-22,24,27H,6-9,11,13-15,17-18H2,1-5H3,(H,28,29)/b12-10-,20-16+/t19?,21-,22+,24-/m1/s1. The van der Waals surface area contributed by atoms with Gasteiger partial charge in [-0.15, -0.1) is 0 Å². The molecular formula is C26H44O5. The maximum absolute atomic E-state index is 13.4. The van der Waals surface area contributed by atoms with Crippen LogP contribution in [0.15, 0.2) is 23.8 Å². The third kappa shape index (κ3) is 9.28. The average molecular weight is 437 g/mol. The van der Waals surface area contributed by atoms with E-state index in [1.165, 1.54) is 12.8 Å². The first kappa shape index (κ1) is 27.6. The molecule has 178 valence electrons. The monoisotopic (exact) mass is 436 g/mol. The summed E-state index contributed by atoms with van der Waals surface area (Å²) in [5.41, 5.74) is 0.329. The third-order valence-electron chi connectivity index (χ3n) is 6.19. The van der Waals surface area contributed by atoms with Crippen molar-refractivity contribution >= 4 is 11.8 Å². The first-order valence-corrected chi connectivity index (χ1v) is 12.0. The lowest BCUT2D eigenvalue weighted by Gasteiger charge is -2.30. The molecule has 0 aromatic heterocycles. The van der Waals surface area contributed by atoms with Crippen molar-refractivity contribution in [1.82, 2.24) is 0 Å². The van der Waals surface area contributed by atoms with Crippen LogP contribution in [0.4, 0.5) is 0 Å². The van der Waals surface area contributed by atoms with Crippen LogP contribution in [-0.4, -0.2) is 41.3 Å². The minimum atomic E-state index is -0.781. The van der Waals surface area contributed by atoms with Gasteiger partial charge in [-0.3, -0.25) is 9.59 Å². The van der Waals surface area contributed by atoms with E-state index in [-0.39, 0.29) is 30.1 Å². The number of allylic oxidation sites excluding steroid dienone is 3. The topological polar surface area (TPSA) is 83.8 Å². The Hall–Kier alpha value is -1.46. The molecule has 0 aliphatic heterocycles. The second kappa shape index (κ2) is 13.8. The van der Waals surface area contributed by atoms with Crippen molar-refractivity contribution in [1.29, 1.82) is 0 Å². The van der Waals surface area contributed by atoms with Crippen LogP contribution < -0.4 is 0 Å². The minimum Gasteiger partial charge on any atom is -0.481 e. The van der Waals surface area contributed by atoms with E-state index in [1.807, 2.05) is 32.9 Å². The number of unbranched alkanes of at least 4 members (excludes halogenated alkanes) is 5. The molecule has 31 heavy (non-hydrogen) atoms. The van der Waals surface area contributed by atoms with E-state index < -0.39 is 17.5 Å². The highest BCUT2D eigenvalue weighted by Crippen LogP contribution is 2.43. The number of hydrogen-bond acceptors (Lipinski definition) is 4. The zero-order chi connectivity index (χ0) is 23.4. The number of Topliss-reactive ketones (excluding diaryl/α,β-unsaturated/α-hetero) is 1. The normalized spacial score (nSPS) is 24.8. The summed E-state index contributed by atoms with van der Waals surface area (Å²) in [6.45, 7) is 8.04. The molecule has 2 N–H and O–H groups in total. The van der Waals surface area contributed by atoms with Crippen molar-refractivity contribution < 1.29 is 24.5 Å². The lowest BCUT2D eigenvalue weighted by atomic mass is 9.75. The fourth-order valence-electron chi connectivity index (χ4n) is 4.44. The van der Waals surface area contributed by atoms with Gasteiger partial charge in [0.05, 0.1) is 12.2 Å². The molecule has 4 atom stereocenters. The van der Waals surface area contributed by atoms with E-state index in [2.05, 4.69) is 13.0 Å². The largest absolute Gasteiger partial charge is 0.481 e. The second-order valence-corrected chi connectivity index (χ2v) is 9.85. The summed E-state index contributed by atoms with van der Waals surface area (Å²) in [6, 6.07) is 0. The van der Waals surface area contributed by atoms with E-state index in [0.717, 1.165) is 24.8 Å².